The van der Waals surface area contributed by atoms with Gasteiger partial charge in [-0.1, -0.05) is 41.9 Å². The maximum absolute atomic E-state index is 11.8. The summed E-state index contributed by atoms with van der Waals surface area (Å²) in [7, 11) is 0. The molecule has 0 atom stereocenters. The van der Waals surface area contributed by atoms with Crippen LogP contribution in [-0.2, 0) is 4.79 Å². The quantitative estimate of drug-likeness (QED) is 0.580. The normalized spacial score (nSPS) is 18.6. The molecular weight excluding hydrogens is 289 g/mol. The molecule has 0 bridgehead atoms. The van der Waals surface area contributed by atoms with Gasteiger partial charge >= 0.3 is 0 Å². The zero-order valence-electron chi connectivity index (χ0n) is 9.13. The number of alkyl halides is 1. The third-order valence-electron chi connectivity index (χ3n) is 2.93. The summed E-state index contributed by atoms with van der Waals surface area (Å²) in [4.78, 5) is 13.9. The maximum atomic E-state index is 11.8. The van der Waals surface area contributed by atoms with Gasteiger partial charge in [0, 0.05) is 12.1 Å². The average Bonchev–Trinajstić information content (AvgIpc) is 2.19. The van der Waals surface area contributed by atoms with E-state index in [0.29, 0.717) is 22.4 Å². The molecule has 1 saturated carbocycles. The zero-order chi connectivity index (χ0) is 10.6. The van der Waals surface area contributed by atoms with Crippen LogP contribution in [0.25, 0.3) is 0 Å². The fourth-order valence-corrected chi connectivity index (χ4v) is 2.74. The molecule has 0 unspecified atom stereocenters. The molecule has 0 radical (unpaired) electrons. The molecule has 0 N–H and O–H groups in total. The van der Waals surface area contributed by atoms with Crippen molar-refractivity contribution in [1.82, 2.24) is 4.90 Å². The molecule has 0 heterocycles. The maximum Gasteiger partial charge on any atom is 0.232 e. The van der Waals surface area contributed by atoms with Crippen molar-refractivity contribution in [3.8, 4) is 0 Å². The predicted octanol–water partition coefficient (Wildman–Crippen LogP) is 2.99. The first-order valence-corrected chi connectivity index (χ1v) is 7.06. The van der Waals surface area contributed by atoms with E-state index in [-0.39, 0.29) is 0 Å². The Morgan fingerprint density at radius 1 is 1.36 bits per heavy atom. The Morgan fingerprint density at radius 2 is 1.93 bits per heavy atom. The molecule has 1 rings (SSSR count). The summed E-state index contributed by atoms with van der Waals surface area (Å²) >= 11 is 2.17. The summed E-state index contributed by atoms with van der Waals surface area (Å²) in [6.45, 7) is 4.25. The van der Waals surface area contributed by atoms with Crippen molar-refractivity contribution >= 4 is 28.5 Å². The fraction of sp³-hybridized carbons (Fsp3) is 0.909. The molecule has 3 heteroatoms. The van der Waals surface area contributed by atoms with Crippen LogP contribution in [0, 0.1) is 0 Å². The summed E-state index contributed by atoms with van der Waals surface area (Å²) in [5.41, 5.74) is 0. The largest absolute Gasteiger partial charge is 0.337 e. The van der Waals surface area contributed by atoms with Crippen molar-refractivity contribution in [3.05, 3.63) is 0 Å². The van der Waals surface area contributed by atoms with Crippen molar-refractivity contribution in [2.24, 2.45) is 0 Å². The number of hydrogen-bond acceptors (Lipinski definition) is 1. The summed E-state index contributed by atoms with van der Waals surface area (Å²) in [6, 6.07) is 0.881. The smallest absolute Gasteiger partial charge is 0.232 e. The van der Waals surface area contributed by atoms with Gasteiger partial charge in [0.1, 0.15) is 0 Å². The van der Waals surface area contributed by atoms with Gasteiger partial charge in [-0.15, -0.1) is 0 Å². The number of carbonyl (C=O) groups is 1. The van der Waals surface area contributed by atoms with Crippen LogP contribution in [0.4, 0.5) is 0 Å². The van der Waals surface area contributed by atoms with Gasteiger partial charge in [0.25, 0.3) is 0 Å². The lowest BCUT2D eigenvalue weighted by molar-refractivity contribution is -0.133. The highest BCUT2D eigenvalue weighted by Crippen LogP contribution is 2.24. The van der Waals surface area contributed by atoms with Crippen molar-refractivity contribution in [3.63, 3.8) is 0 Å². The van der Waals surface area contributed by atoms with E-state index < -0.39 is 0 Å². The lowest BCUT2D eigenvalue weighted by Gasteiger charge is -2.37. The molecule has 0 saturated heterocycles. The highest BCUT2D eigenvalue weighted by Gasteiger charge is 2.26. The van der Waals surface area contributed by atoms with Gasteiger partial charge in [-0.25, -0.2) is 0 Å². The molecule has 1 aliphatic rings. The first kappa shape index (κ1) is 12.3. The van der Waals surface area contributed by atoms with Crippen molar-refractivity contribution in [2.75, 3.05) is 4.43 Å². The monoisotopic (exact) mass is 309 g/mol. The summed E-state index contributed by atoms with van der Waals surface area (Å²) in [6.07, 6.45) is 6.35. The van der Waals surface area contributed by atoms with Crippen LogP contribution in [0.3, 0.4) is 0 Å². The Hall–Kier alpha value is 0.200. The lowest BCUT2D eigenvalue weighted by atomic mass is 9.93. The van der Waals surface area contributed by atoms with Gasteiger partial charge in [0.05, 0.1) is 4.43 Å². The molecular formula is C11H20INO. The van der Waals surface area contributed by atoms with Crippen LogP contribution in [0.2, 0.25) is 0 Å². The molecule has 0 aromatic heterocycles. The Kier molecular flexibility index (Phi) is 5.20. The number of carbonyl (C=O) groups excluding carboxylic acids is 1. The first-order chi connectivity index (χ1) is 6.66. The minimum absolute atomic E-state index is 0.312. The van der Waals surface area contributed by atoms with Crippen LogP contribution in [0.15, 0.2) is 0 Å². The number of nitrogens with zero attached hydrogens (tertiary/aromatic N) is 1. The summed E-state index contributed by atoms with van der Waals surface area (Å²) < 4.78 is 0.617. The van der Waals surface area contributed by atoms with Gasteiger partial charge in [-0.05, 0) is 26.7 Å². The molecule has 2 nitrogen and oxygen atoms in total. The van der Waals surface area contributed by atoms with Gasteiger partial charge < -0.3 is 4.90 Å². The highest BCUT2D eigenvalue weighted by atomic mass is 127. The van der Waals surface area contributed by atoms with E-state index in [1.54, 1.807) is 0 Å². The van der Waals surface area contributed by atoms with Crippen LogP contribution >= 0.6 is 22.6 Å². The Morgan fingerprint density at radius 3 is 2.36 bits per heavy atom. The predicted molar refractivity (Wildman–Crippen MR) is 67.7 cm³/mol. The lowest BCUT2D eigenvalue weighted by Crippen LogP contribution is -2.46. The number of halogens is 1. The summed E-state index contributed by atoms with van der Waals surface area (Å²) in [5.74, 6) is 0.312. The van der Waals surface area contributed by atoms with E-state index in [1.807, 2.05) is 0 Å². The first-order valence-electron chi connectivity index (χ1n) is 5.54. The SMILES string of the molecule is CC(C)N(C(=O)CI)C1CCCCC1. The third-order valence-corrected chi connectivity index (χ3v) is 3.58. The van der Waals surface area contributed by atoms with Gasteiger partial charge in [0.15, 0.2) is 0 Å². The molecule has 1 aliphatic carbocycles. The summed E-state index contributed by atoms with van der Waals surface area (Å²) in [5, 5.41) is 0. The zero-order valence-corrected chi connectivity index (χ0v) is 11.3. The standard InChI is InChI=1S/C11H20INO/c1-9(2)13(11(14)8-12)10-6-4-3-5-7-10/h9-10H,3-8H2,1-2H3. The van der Waals surface area contributed by atoms with Gasteiger partial charge in [-0.2, -0.15) is 0 Å². The minimum atomic E-state index is 0.312. The van der Waals surface area contributed by atoms with E-state index in [2.05, 4.69) is 41.3 Å². The van der Waals surface area contributed by atoms with Crippen LogP contribution in [0.1, 0.15) is 46.0 Å². The van der Waals surface area contributed by atoms with Gasteiger partial charge in [0.2, 0.25) is 5.91 Å². The molecule has 14 heavy (non-hydrogen) atoms. The number of amides is 1. The van der Waals surface area contributed by atoms with E-state index in [9.17, 15) is 4.79 Å². The van der Waals surface area contributed by atoms with Crippen molar-refractivity contribution < 1.29 is 4.79 Å². The van der Waals surface area contributed by atoms with E-state index in [4.69, 9.17) is 0 Å². The second-order valence-electron chi connectivity index (χ2n) is 4.32. The second kappa shape index (κ2) is 5.93. The molecule has 1 fully saturated rings. The highest BCUT2D eigenvalue weighted by molar-refractivity contribution is 14.1. The van der Waals surface area contributed by atoms with Crippen LogP contribution in [-0.4, -0.2) is 27.3 Å². The molecule has 0 aromatic carbocycles. The van der Waals surface area contributed by atoms with E-state index >= 15 is 0 Å². The molecule has 82 valence electrons. The van der Waals surface area contributed by atoms with E-state index in [0.717, 1.165) is 0 Å². The van der Waals surface area contributed by atoms with Gasteiger partial charge in [-0.3, -0.25) is 4.79 Å². The number of hydrogen-bond donors (Lipinski definition) is 0. The Labute approximate surface area is 101 Å². The average molecular weight is 309 g/mol. The minimum Gasteiger partial charge on any atom is -0.337 e. The van der Waals surface area contributed by atoms with Crippen molar-refractivity contribution in [2.45, 2.75) is 58.0 Å². The Balaban J connectivity index is 2.60. The second-order valence-corrected chi connectivity index (χ2v) is 5.08. The van der Waals surface area contributed by atoms with Crippen LogP contribution < -0.4 is 0 Å². The fourth-order valence-electron chi connectivity index (χ4n) is 2.34. The molecule has 0 aromatic rings. The molecule has 0 aliphatic heterocycles. The van der Waals surface area contributed by atoms with Crippen molar-refractivity contribution in [1.29, 1.82) is 0 Å². The van der Waals surface area contributed by atoms with E-state index in [1.165, 1.54) is 32.1 Å². The number of rotatable bonds is 3. The van der Waals surface area contributed by atoms with Crippen LogP contribution in [0.5, 0.6) is 0 Å². The molecule has 1 amide bonds. The topological polar surface area (TPSA) is 20.3 Å². The molecule has 0 spiro atoms. The third kappa shape index (κ3) is 3.11. The Bertz CT molecular complexity index is 188.